The second-order valence-electron chi connectivity index (χ2n) is 10.7. The van der Waals surface area contributed by atoms with Crippen LogP contribution in [0.4, 0.5) is 4.39 Å². The molecule has 1 aromatic rings. The number of hydrogen-bond donors (Lipinski definition) is 0. The number of carbonyl (C=O) groups excluding carboxylic acids is 1. The fourth-order valence-electron chi connectivity index (χ4n) is 7.10. The lowest BCUT2D eigenvalue weighted by Gasteiger charge is -2.57. The van der Waals surface area contributed by atoms with E-state index in [4.69, 9.17) is 14.2 Å². The molecule has 7 heteroatoms. The van der Waals surface area contributed by atoms with E-state index in [1.54, 1.807) is 0 Å². The second kappa shape index (κ2) is 11.0. The summed E-state index contributed by atoms with van der Waals surface area (Å²) >= 11 is 0. The average molecular weight is 482 g/mol. The lowest BCUT2D eigenvalue weighted by Crippen LogP contribution is -2.46. The Kier molecular flexibility index (Phi) is 8.32. The molecule has 0 N–H and O–H groups in total. The number of ether oxygens (including phenoxy) is 3. The first kappa shape index (κ1) is 24.9. The summed E-state index contributed by atoms with van der Waals surface area (Å²) in [7, 11) is 0. The van der Waals surface area contributed by atoms with E-state index in [0.717, 1.165) is 43.9 Å². The molecule has 33 heavy (non-hydrogen) atoms. The summed E-state index contributed by atoms with van der Waals surface area (Å²) in [6.07, 6.45) is 9.33. The van der Waals surface area contributed by atoms with Crippen LogP contribution in [0.25, 0.3) is 0 Å². The van der Waals surface area contributed by atoms with Crippen molar-refractivity contribution in [3.05, 3.63) is 35.6 Å². The van der Waals surface area contributed by atoms with Gasteiger partial charge in [-0.3, -0.25) is 4.90 Å². The van der Waals surface area contributed by atoms with Crippen LogP contribution in [-0.2, 0) is 14.2 Å². The molecule has 0 spiro atoms. The maximum absolute atomic E-state index is 13.2. The molecule has 5 fully saturated rings. The van der Waals surface area contributed by atoms with E-state index >= 15 is 0 Å². The van der Waals surface area contributed by atoms with Crippen LogP contribution in [0.5, 0.6) is 0 Å². The number of esters is 1. The van der Waals surface area contributed by atoms with E-state index in [1.165, 1.54) is 62.8 Å². The summed E-state index contributed by atoms with van der Waals surface area (Å²) in [6, 6.07) is 5.51. The molecule has 0 aromatic heterocycles. The zero-order chi connectivity index (χ0) is 22.0. The van der Waals surface area contributed by atoms with Crippen LogP contribution in [0.2, 0.25) is 0 Å². The van der Waals surface area contributed by atoms with Gasteiger partial charge in [0.15, 0.2) is 0 Å². The minimum absolute atomic E-state index is 0. The van der Waals surface area contributed by atoms with Gasteiger partial charge in [0.2, 0.25) is 0 Å². The lowest BCUT2D eigenvalue weighted by atomic mass is 9.49. The summed E-state index contributed by atoms with van der Waals surface area (Å²) in [5.41, 5.74) is 0.867. The Balaban J connectivity index is 0.00000259. The first-order valence-corrected chi connectivity index (χ1v) is 12.4. The summed E-state index contributed by atoms with van der Waals surface area (Å²) in [5, 5.41) is 0. The predicted molar refractivity (Wildman–Crippen MR) is 126 cm³/mol. The average Bonchev–Trinajstić information content (AvgIpc) is 2.77. The Hall–Kier alpha value is -1.21. The third-order valence-corrected chi connectivity index (χ3v) is 8.16. The highest BCUT2D eigenvalue weighted by molar-refractivity contribution is 5.89. The molecule has 1 unspecified atom stereocenters. The van der Waals surface area contributed by atoms with Crippen molar-refractivity contribution in [2.24, 2.45) is 23.2 Å². The van der Waals surface area contributed by atoms with Crippen LogP contribution in [0.3, 0.4) is 0 Å². The van der Waals surface area contributed by atoms with Crippen LogP contribution < -0.4 is 0 Å². The molecule has 184 valence electrons. The fourth-order valence-corrected chi connectivity index (χ4v) is 7.10. The molecule has 5 nitrogen and oxygen atoms in total. The Morgan fingerprint density at radius 2 is 1.67 bits per heavy atom. The predicted octanol–water partition coefficient (Wildman–Crippen LogP) is 4.73. The van der Waals surface area contributed by atoms with E-state index in [1.807, 2.05) is 0 Å². The highest BCUT2D eigenvalue weighted by atomic mass is 35.5. The minimum atomic E-state index is -0.423. The number of morpholine rings is 1. The fraction of sp³-hybridized carbons (Fsp3) is 0.731. The molecule has 0 radical (unpaired) electrons. The molecule has 1 aromatic carbocycles. The van der Waals surface area contributed by atoms with Gasteiger partial charge in [-0.25, -0.2) is 9.18 Å². The van der Waals surface area contributed by atoms with Gasteiger partial charge in [-0.15, -0.1) is 12.4 Å². The minimum Gasteiger partial charge on any atom is -0.455 e. The zero-order valence-electron chi connectivity index (χ0n) is 19.4. The third kappa shape index (κ3) is 6.27. The maximum Gasteiger partial charge on any atom is 0.338 e. The number of nitrogens with zero attached hydrogens (tertiary/aromatic N) is 1. The summed E-state index contributed by atoms with van der Waals surface area (Å²) in [6.45, 7) is 4.83. The summed E-state index contributed by atoms with van der Waals surface area (Å²) in [5.74, 6) is 2.07. The molecule has 1 heterocycles. The van der Waals surface area contributed by atoms with Gasteiger partial charge >= 0.3 is 5.97 Å². The Labute approximate surface area is 202 Å². The molecular weight excluding hydrogens is 445 g/mol. The SMILES string of the molecule is Cl.O=C(OC(COCCC12CC3CC(CC(C3)C1)C2)CN1CCOCC1)c1ccc(F)cc1. The zero-order valence-corrected chi connectivity index (χ0v) is 20.2. The van der Waals surface area contributed by atoms with Gasteiger partial charge in [0.25, 0.3) is 0 Å². The van der Waals surface area contributed by atoms with Crippen LogP contribution >= 0.6 is 12.4 Å². The van der Waals surface area contributed by atoms with Gasteiger partial charge in [-0.1, -0.05) is 0 Å². The van der Waals surface area contributed by atoms with Crippen molar-refractivity contribution in [3.8, 4) is 0 Å². The topological polar surface area (TPSA) is 48.0 Å². The third-order valence-electron chi connectivity index (χ3n) is 8.16. The van der Waals surface area contributed by atoms with E-state index in [2.05, 4.69) is 4.90 Å². The van der Waals surface area contributed by atoms with Crippen molar-refractivity contribution in [2.75, 3.05) is 46.1 Å². The van der Waals surface area contributed by atoms with Crippen molar-refractivity contribution in [1.29, 1.82) is 0 Å². The van der Waals surface area contributed by atoms with Gasteiger partial charge in [0.05, 0.1) is 25.4 Å². The Bertz CT molecular complexity index is 748. The van der Waals surface area contributed by atoms with E-state index in [0.29, 0.717) is 37.3 Å². The molecule has 1 atom stereocenters. The molecule has 1 aliphatic heterocycles. The number of benzene rings is 1. The van der Waals surface area contributed by atoms with Crippen molar-refractivity contribution >= 4 is 18.4 Å². The molecule has 4 saturated carbocycles. The van der Waals surface area contributed by atoms with E-state index in [-0.39, 0.29) is 24.3 Å². The van der Waals surface area contributed by atoms with E-state index in [9.17, 15) is 9.18 Å². The van der Waals surface area contributed by atoms with Gasteiger partial charge in [-0.2, -0.15) is 0 Å². The largest absolute Gasteiger partial charge is 0.455 e. The van der Waals surface area contributed by atoms with E-state index < -0.39 is 5.97 Å². The first-order valence-electron chi connectivity index (χ1n) is 12.4. The molecule has 5 aliphatic rings. The molecule has 4 bridgehead atoms. The normalized spacial score (nSPS) is 31.7. The summed E-state index contributed by atoms with van der Waals surface area (Å²) in [4.78, 5) is 14.9. The highest BCUT2D eigenvalue weighted by Gasteiger charge is 2.50. The lowest BCUT2D eigenvalue weighted by molar-refractivity contribution is -0.0768. The molecule has 0 amide bonds. The summed E-state index contributed by atoms with van der Waals surface area (Å²) < 4.78 is 30.6. The van der Waals surface area contributed by atoms with Crippen molar-refractivity contribution in [2.45, 2.75) is 51.0 Å². The molecule has 6 rings (SSSR count). The number of hydrogen-bond acceptors (Lipinski definition) is 5. The standard InChI is InChI=1S/C26H36FNO4.ClH/c27-23-3-1-22(2-4-23)25(29)32-24(17-28-6-9-30-10-7-28)18-31-8-5-26-14-19-11-20(15-26)13-21(12-19)16-26;/h1-4,19-21,24H,5-18H2;1H. The quantitative estimate of drug-likeness (QED) is 0.377. The van der Waals surface area contributed by atoms with Gasteiger partial charge in [-0.05, 0) is 92.4 Å². The number of rotatable bonds is 9. The molecule has 1 saturated heterocycles. The number of halogens is 2. The maximum atomic E-state index is 13.2. The van der Waals surface area contributed by atoms with Crippen LogP contribution in [0, 0.1) is 29.0 Å². The first-order chi connectivity index (χ1) is 15.6. The Morgan fingerprint density at radius 1 is 1.06 bits per heavy atom. The monoisotopic (exact) mass is 481 g/mol. The van der Waals surface area contributed by atoms with Crippen LogP contribution in [0.1, 0.15) is 55.3 Å². The van der Waals surface area contributed by atoms with Gasteiger partial charge in [0.1, 0.15) is 11.9 Å². The van der Waals surface area contributed by atoms with Crippen molar-refractivity contribution in [1.82, 2.24) is 4.90 Å². The van der Waals surface area contributed by atoms with Crippen LogP contribution in [-0.4, -0.2) is 63.0 Å². The molecule has 4 aliphatic carbocycles. The number of carbonyl (C=O) groups is 1. The van der Waals surface area contributed by atoms with Gasteiger partial charge < -0.3 is 14.2 Å². The van der Waals surface area contributed by atoms with Crippen molar-refractivity contribution < 1.29 is 23.4 Å². The van der Waals surface area contributed by atoms with Crippen LogP contribution in [0.15, 0.2) is 24.3 Å². The molecular formula is C26H37ClFNO4. The Morgan fingerprint density at radius 3 is 2.27 bits per heavy atom. The van der Waals surface area contributed by atoms with Crippen molar-refractivity contribution in [3.63, 3.8) is 0 Å². The highest BCUT2D eigenvalue weighted by Crippen LogP contribution is 2.61. The smallest absolute Gasteiger partial charge is 0.338 e. The second-order valence-corrected chi connectivity index (χ2v) is 10.7. The van der Waals surface area contributed by atoms with Gasteiger partial charge in [0, 0.05) is 26.2 Å².